The quantitative estimate of drug-likeness (QED) is 0.479. The molecule has 144 valence electrons. The lowest BCUT2D eigenvalue weighted by Crippen LogP contribution is -2.14. The Bertz CT molecular complexity index is 1250. The lowest BCUT2D eigenvalue weighted by molar-refractivity contribution is 0.102. The summed E-state index contributed by atoms with van der Waals surface area (Å²) in [5, 5.41) is 16.7. The van der Waals surface area contributed by atoms with E-state index in [-0.39, 0.29) is 11.3 Å². The third-order valence-corrected chi connectivity index (χ3v) is 4.93. The molecule has 4 aromatic rings. The van der Waals surface area contributed by atoms with Gasteiger partial charge in [0.15, 0.2) is 5.82 Å². The fourth-order valence-corrected chi connectivity index (χ4v) is 3.18. The molecule has 29 heavy (non-hydrogen) atoms. The van der Waals surface area contributed by atoms with Crippen molar-refractivity contribution >= 4 is 44.7 Å². The van der Waals surface area contributed by atoms with Gasteiger partial charge < -0.3 is 10.4 Å². The third kappa shape index (κ3) is 3.59. The van der Waals surface area contributed by atoms with Gasteiger partial charge in [0, 0.05) is 33.4 Å². The molecular weight excluding hydrogens is 438 g/mol. The second-order valence-electron chi connectivity index (χ2n) is 6.28. The maximum atomic E-state index is 12.6. The van der Waals surface area contributed by atoms with E-state index in [0.717, 1.165) is 20.3 Å². The van der Waals surface area contributed by atoms with Gasteiger partial charge in [-0.15, -0.1) is 5.10 Å². The average Bonchev–Trinajstić information content (AvgIpc) is 3.07. The molecule has 0 bridgehead atoms. The molecule has 0 aliphatic carbocycles. The zero-order valence-electron chi connectivity index (χ0n) is 15.1. The normalized spacial score (nSPS) is 10.8. The second kappa shape index (κ2) is 7.44. The van der Waals surface area contributed by atoms with Crippen LogP contribution in [0.3, 0.4) is 0 Å². The number of carboxylic acid groups (broad SMARTS) is 1. The number of benzene rings is 1. The molecule has 0 saturated heterocycles. The van der Waals surface area contributed by atoms with Crippen molar-refractivity contribution in [1.82, 2.24) is 19.7 Å². The van der Waals surface area contributed by atoms with Crippen LogP contribution in [0.4, 0.5) is 10.6 Å². The van der Waals surface area contributed by atoms with Crippen LogP contribution in [0.5, 0.6) is 0 Å². The number of nitrogens with one attached hydrogen (secondary N) is 1. The number of nitrogens with zero attached hydrogens (tertiary/aromatic N) is 4. The summed E-state index contributed by atoms with van der Waals surface area (Å²) in [5.41, 5.74) is 3.07. The van der Waals surface area contributed by atoms with Crippen LogP contribution in [0.15, 0.2) is 59.5 Å². The van der Waals surface area contributed by atoms with Crippen LogP contribution < -0.4 is 5.32 Å². The highest BCUT2D eigenvalue weighted by molar-refractivity contribution is 9.10. The van der Waals surface area contributed by atoms with E-state index in [0.29, 0.717) is 16.6 Å². The maximum Gasteiger partial charge on any atom is 0.432 e. The fourth-order valence-electron chi connectivity index (χ4n) is 2.91. The first kappa shape index (κ1) is 18.8. The highest BCUT2D eigenvalue weighted by Gasteiger charge is 2.19. The van der Waals surface area contributed by atoms with Gasteiger partial charge in [0.2, 0.25) is 0 Å². The topological polar surface area (TPSA) is 110 Å². The van der Waals surface area contributed by atoms with Crippen LogP contribution in [0, 0.1) is 6.92 Å². The first-order valence-electron chi connectivity index (χ1n) is 8.54. The number of fused-ring (bicyclic) bond motifs is 1. The minimum atomic E-state index is -1.27. The standard InChI is InChI=1S/C20H14BrN5O3/c1-11-6-7-22-9-15(11)16-8-14-17(10-23-16)26(20(28)29)25-18(14)24-19(27)12-2-4-13(21)5-3-12/h2-10H,1H3,(H,28,29)(H,24,25,27). The third-order valence-electron chi connectivity index (χ3n) is 4.40. The highest BCUT2D eigenvalue weighted by Crippen LogP contribution is 2.28. The molecule has 3 heterocycles. The summed E-state index contributed by atoms with van der Waals surface area (Å²) in [7, 11) is 0. The number of halogens is 1. The SMILES string of the molecule is Cc1ccncc1-c1cc2c(NC(=O)c3ccc(Br)cc3)nn(C(=O)O)c2cn1. The Morgan fingerprint density at radius 3 is 2.59 bits per heavy atom. The minimum Gasteiger partial charge on any atom is -0.463 e. The monoisotopic (exact) mass is 451 g/mol. The number of amides is 1. The van der Waals surface area contributed by atoms with Crippen LogP contribution in [-0.2, 0) is 0 Å². The van der Waals surface area contributed by atoms with E-state index in [9.17, 15) is 14.7 Å². The molecule has 2 N–H and O–H groups in total. The largest absolute Gasteiger partial charge is 0.463 e. The van der Waals surface area contributed by atoms with Crippen LogP contribution in [0.2, 0.25) is 0 Å². The van der Waals surface area contributed by atoms with Crippen molar-refractivity contribution in [2.75, 3.05) is 5.32 Å². The van der Waals surface area contributed by atoms with Crippen molar-refractivity contribution in [3.63, 3.8) is 0 Å². The second-order valence-corrected chi connectivity index (χ2v) is 7.20. The van der Waals surface area contributed by atoms with E-state index in [4.69, 9.17) is 0 Å². The van der Waals surface area contributed by atoms with Crippen molar-refractivity contribution in [2.45, 2.75) is 6.92 Å². The Kier molecular flexibility index (Phi) is 4.81. The van der Waals surface area contributed by atoms with Crippen molar-refractivity contribution in [1.29, 1.82) is 0 Å². The number of anilines is 1. The number of pyridine rings is 2. The summed E-state index contributed by atoms with van der Waals surface area (Å²) in [6.45, 7) is 1.93. The van der Waals surface area contributed by atoms with Crippen molar-refractivity contribution < 1.29 is 14.7 Å². The van der Waals surface area contributed by atoms with Gasteiger partial charge in [0.05, 0.1) is 11.9 Å². The lowest BCUT2D eigenvalue weighted by Gasteiger charge is -2.06. The Morgan fingerprint density at radius 2 is 1.90 bits per heavy atom. The van der Waals surface area contributed by atoms with Gasteiger partial charge in [0.1, 0.15) is 5.52 Å². The van der Waals surface area contributed by atoms with Crippen molar-refractivity contribution in [3.8, 4) is 11.3 Å². The zero-order chi connectivity index (χ0) is 20.5. The molecule has 0 radical (unpaired) electrons. The lowest BCUT2D eigenvalue weighted by atomic mass is 10.1. The smallest absolute Gasteiger partial charge is 0.432 e. The number of carbonyl (C=O) groups excluding carboxylic acids is 1. The van der Waals surface area contributed by atoms with E-state index >= 15 is 0 Å². The Labute approximate surface area is 173 Å². The molecule has 3 aromatic heterocycles. The molecule has 9 heteroatoms. The highest BCUT2D eigenvalue weighted by atomic mass is 79.9. The van der Waals surface area contributed by atoms with E-state index in [1.165, 1.54) is 6.20 Å². The van der Waals surface area contributed by atoms with Gasteiger partial charge in [-0.1, -0.05) is 15.9 Å². The molecule has 0 aliphatic rings. The molecule has 0 fully saturated rings. The van der Waals surface area contributed by atoms with Crippen LogP contribution in [0.25, 0.3) is 22.2 Å². The molecule has 0 aliphatic heterocycles. The van der Waals surface area contributed by atoms with E-state index in [1.54, 1.807) is 42.7 Å². The summed E-state index contributed by atoms with van der Waals surface area (Å²) in [5.74, 6) is -0.258. The number of rotatable bonds is 3. The average molecular weight is 452 g/mol. The van der Waals surface area contributed by atoms with E-state index in [1.807, 2.05) is 13.0 Å². The summed E-state index contributed by atoms with van der Waals surface area (Å²) >= 11 is 3.32. The molecule has 8 nitrogen and oxygen atoms in total. The first-order chi connectivity index (χ1) is 13.9. The van der Waals surface area contributed by atoms with Gasteiger partial charge in [-0.05, 0) is 48.9 Å². The van der Waals surface area contributed by atoms with Gasteiger partial charge >= 0.3 is 6.09 Å². The molecule has 1 aromatic carbocycles. The predicted molar refractivity (Wildman–Crippen MR) is 111 cm³/mol. The summed E-state index contributed by atoms with van der Waals surface area (Å²) in [4.78, 5) is 32.7. The molecule has 0 atom stereocenters. The van der Waals surface area contributed by atoms with Crippen molar-refractivity contribution in [3.05, 3.63) is 70.6 Å². The Balaban J connectivity index is 1.81. The van der Waals surface area contributed by atoms with Crippen LogP contribution in [-0.4, -0.2) is 36.9 Å². The van der Waals surface area contributed by atoms with E-state index in [2.05, 4.69) is 36.3 Å². The number of hydrogen-bond donors (Lipinski definition) is 2. The fraction of sp³-hybridized carbons (Fsp3) is 0.0500. The zero-order valence-corrected chi connectivity index (χ0v) is 16.7. The molecule has 1 amide bonds. The van der Waals surface area contributed by atoms with Gasteiger partial charge in [-0.3, -0.25) is 14.8 Å². The summed E-state index contributed by atoms with van der Waals surface area (Å²) in [6.07, 6.45) is 3.52. The number of carbonyl (C=O) groups is 2. The molecule has 4 rings (SSSR count). The van der Waals surface area contributed by atoms with Crippen molar-refractivity contribution in [2.24, 2.45) is 0 Å². The molecule has 0 spiro atoms. The molecular formula is C20H14BrN5O3. The number of hydrogen-bond acceptors (Lipinski definition) is 5. The Hall–Kier alpha value is -3.59. The minimum absolute atomic E-state index is 0.139. The van der Waals surface area contributed by atoms with Crippen LogP contribution in [0.1, 0.15) is 15.9 Å². The molecule has 0 unspecified atom stereocenters. The van der Waals surface area contributed by atoms with Gasteiger partial charge in [0.25, 0.3) is 5.91 Å². The predicted octanol–water partition coefficient (Wildman–Crippen LogP) is 4.34. The van der Waals surface area contributed by atoms with Gasteiger partial charge in [-0.2, -0.15) is 4.68 Å². The Morgan fingerprint density at radius 1 is 1.14 bits per heavy atom. The van der Waals surface area contributed by atoms with Gasteiger partial charge in [-0.25, -0.2) is 4.79 Å². The van der Waals surface area contributed by atoms with E-state index < -0.39 is 12.0 Å². The number of aryl methyl sites for hydroxylation is 1. The summed E-state index contributed by atoms with van der Waals surface area (Å²) < 4.78 is 1.64. The van der Waals surface area contributed by atoms with Crippen LogP contribution >= 0.6 is 15.9 Å². The maximum absolute atomic E-state index is 12.6. The summed E-state index contributed by atoms with van der Waals surface area (Å²) in [6, 6.07) is 10.4. The first-order valence-corrected chi connectivity index (χ1v) is 9.33. The molecule has 0 saturated carbocycles. The number of aromatic nitrogens is 4.